The zero-order valence-corrected chi connectivity index (χ0v) is 19.2. The average Bonchev–Trinajstić information content (AvgIpc) is 3.27. The van der Waals surface area contributed by atoms with Crippen LogP contribution >= 0.6 is 15.9 Å². The number of benzene rings is 2. The first kappa shape index (κ1) is 21.3. The highest BCUT2D eigenvalue weighted by molar-refractivity contribution is 9.10. The zero-order valence-electron chi connectivity index (χ0n) is 16.8. The first-order valence-corrected chi connectivity index (χ1v) is 12.7. The number of halogens is 1. The molecule has 0 radical (unpaired) electrons. The Morgan fingerprint density at radius 2 is 2.00 bits per heavy atom. The van der Waals surface area contributed by atoms with Gasteiger partial charge in [-0.15, -0.1) is 0 Å². The minimum absolute atomic E-state index is 0.162. The highest BCUT2D eigenvalue weighted by Crippen LogP contribution is 2.40. The molecule has 2 aromatic carbocycles. The quantitative estimate of drug-likeness (QED) is 0.437. The van der Waals surface area contributed by atoms with Gasteiger partial charge in [0.1, 0.15) is 11.0 Å². The Balaban J connectivity index is 1.63. The Morgan fingerprint density at radius 1 is 1.23 bits per heavy atom. The Bertz CT molecular complexity index is 1100. The molecule has 2 aliphatic rings. The van der Waals surface area contributed by atoms with Gasteiger partial charge in [-0.1, -0.05) is 58.8 Å². The number of aromatic hydroxyl groups is 1. The number of rotatable bonds is 6. The second kappa shape index (κ2) is 8.69. The predicted octanol–water partition coefficient (Wildman–Crippen LogP) is 5.38. The van der Waals surface area contributed by atoms with E-state index in [0.717, 1.165) is 38.7 Å². The first-order valence-electron chi connectivity index (χ1n) is 10.2. The highest BCUT2D eigenvalue weighted by atomic mass is 79.9. The molecule has 0 amide bonds. The van der Waals surface area contributed by atoms with Crippen molar-refractivity contribution in [3.63, 3.8) is 0 Å². The van der Waals surface area contributed by atoms with Gasteiger partial charge in [0.2, 0.25) is 0 Å². The molecule has 0 unspecified atom stereocenters. The van der Waals surface area contributed by atoms with E-state index in [1.54, 1.807) is 12.1 Å². The summed E-state index contributed by atoms with van der Waals surface area (Å²) in [5.74, 6) is 0.401. The van der Waals surface area contributed by atoms with Gasteiger partial charge in [0.15, 0.2) is 9.84 Å². The summed E-state index contributed by atoms with van der Waals surface area (Å²) in [6.07, 6.45) is 4.01. The lowest BCUT2D eigenvalue weighted by molar-refractivity contribution is 0.118. The molecule has 4 rings (SSSR count). The lowest BCUT2D eigenvalue weighted by atomic mass is 9.93. The van der Waals surface area contributed by atoms with E-state index < -0.39 is 15.1 Å². The van der Waals surface area contributed by atoms with Crippen LogP contribution in [0.25, 0.3) is 11.6 Å². The molecule has 1 saturated heterocycles. The van der Waals surface area contributed by atoms with Crippen molar-refractivity contribution < 1.29 is 18.3 Å². The smallest absolute Gasteiger partial charge is 0.163 e. The van der Waals surface area contributed by atoms with Crippen LogP contribution in [-0.4, -0.2) is 37.2 Å². The van der Waals surface area contributed by atoms with Crippen molar-refractivity contribution in [3.05, 3.63) is 75.3 Å². The second-order valence-corrected chi connectivity index (χ2v) is 10.9. The normalized spacial score (nSPS) is 23.1. The lowest BCUT2D eigenvalue weighted by Gasteiger charge is -2.15. The maximum absolute atomic E-state index is 12.5. The van der Waals surface area contributed by atoms with Crippen LogP contribution in [0.4, 0.5) is 0 Å². The van der Waals surface area contributed by atoms with Crippen LogP contribution in [0.15, 0.2) is 64.1 Å². The Hall–Kier alpha value is -1.89. The molecular weight excluding hydrogens is 464 g/mol. The second-order valence-electron chi connectivity index (χ2n) is 7.81. The molecule has 0 bridgehead atoms. The van der Waals surface area contributed by atoms with Gasteiger partial charge in [0.25, 0.3) is 0 Å². The minimum atomic E-state index is -3.12. The fourth-order valence-corrected chi connectivity index (χ4v) is 6.81. The highest BCUT2D eigenvalue weighted by Gasteiger charge is 2.46. The third-order valence-electron chi connectivity index (χ3n) is 5.93. The molecule has 0 aliphatic carbocycles. The molecule has 30 heavy (non-hydrogen) atoms. The van der Waals surface area contributed by atoms with Gasteiger partial charge in [-0.05, 0) is 60.2 Å². The van der Waals surface area contributed by atoms with E-state index in [2.05, 4.69) is 28.1 Å². The summed E-state index contributed by atoms with van der Waals surface area (Å²) in [6.45, 7) is 2.28. The summed E-state index contributed by atoms with van der Waals surface area (Å²) in [7, 11) is -3.12. The molecule has 4 nitrogen and oxygen atoms in total. The van der Waals surface area contributed by atoms with E-state index in [-0.39, 0.29) is 24.2 Å². The summed E-state index contributed by atoms with van der Waals surface area (Å²) < 4.78 is 31.8. The van der Waals surface area contributed by atoms with Gasteiger partial charge in [0.05, 0.1) is 18.5 Å². The standard InChI is InChI=1S/C24H25BrO4S/c1-2-16-15-30(27,28)23-14-29-22(24(16)23)11-8-18(17-6-4-3-5-7-17)12-19-13-20(25)9-10-21(19)26/h3-7,9-10,12-13,22-23,26H,2,8,11,14-15H2,1H3/b18-12-/t22-,23+/m1/s1. The van der Waals surface area contributed by atoms with Crippen molar-refractivity contribution in [2.45, 2.75) is 37.5 Å². The lowest BCUT2D eigenvalue weighted by Crippen LogP contribution is -2.19. The van der Waals surface area contributed by atoms with Gasteiger partial charge in [0, 0.05) is 10.0 Å². The van der Waals surface area contributed by atoms with Gasteiger partial charge < -0.3 is 9.84 Å². The summed E-state index contributed by atoms with van der Waals surface area (Å²) in [6, 6.07) is 15.4. The molecule has 0 spiro atoms. The van der Waals surface area contributed by atoms with Crippen molar-refractivity contribution in [1.29, 1.82) is 0 Å². The fraction of sp³-hybridized carbons (Fsp3) is 0.333. The number of hydrogen-bond donors (Lipinski definition) is 1. The monoisotopic (exact) mass is 488 g/mol. The molecule has 0 aromatic heterocycles. The largest absolute Gasteiger partial charge is 0.507 e. The fourth-order valence-electron chi connectivity index (χ4n) is 4.38. The van der Waals surface area contributed by atoms with Crippen molar-refractivity contribution in [2.75, 3.05) is 12.4 Å². The number of ether oxygens (including phenoxy) is 1. The van der Waals surface area contributed by atoms with E-state index in [1.807, 2.05) is 37.3 Å². The van der Waals surface area contributed by atoms with Gasteiger partial charge >= 0.3 is 0 Å². The van der Waals surface area contributed by atoms with Crippen molar-refractivity contribution >= 4 is 37.4 Å². The van der Waals surface area contributed by atoms with E-state index in [4.69, 9.17) is 4.74 Å². The molecule has 0 saturated carbocycles. The molecule has 2 heterocycles. The van der Waals surface area contributed by atoms with E-state index in [1.165, 1.54) is 0 Å². The SMILES string of the molecule is CCC1=C2[C@@H](CC/C(=C/c3cc(Br)ccc3O)c3ccccc3)OC[C@@H]2S(=O)(=O)C1. The van der Waals surface area contributed by atoms with Crippen molar-refractivity contribution in [3.8, 4) is 5.75 Å². The topological polar surface area (TPSA) is 63.6 Å². The van der Waals surface area contributed by atoms with E-state index in [9.17, 15) is 13.5 Å². The molecule has 2 atom stereocenters. The predicted molar refractivity (Wildman–Crippen MR) is 124 cm³/mol. The Kier molecular flexibility index (Phi) is 6.19. The molecular formula is C24H25BrO4S. The van der Waals surface area contributed by atoms with E-state index in [0.29, 0.717) is 12.8 Å². The third-order valence-corrected chi connectivity index (χ3v) is 8.43. The maximum atomic E-state index is 12.5. The van der Waals surface area contributed by atoms with Crippen LogP contribution < -0.4 is 0 Å². The summed E-state index contributed by atoms with van der Waals surface area (Å²) in [5, 5.41) is 9.83. The number of phenols is 1. The number of sulfone groups is 1. The van der Waals surface area contributed by atoms with Crippen LogP contribution in [0, 0.1) is 0 Å². The van der Waals surface area contributed by atoms with Crippen LogP contribution in [0.3, 0.4) is 0 Å². The van der Waals surface area contributed by atoms with Crippen LogP contribution in [0.5, 0.6) is 5.75 Å². The van der Waals surface area contributed by atoms with Crippen molar-refractivity contribution in [1.82, 2.24) is 0 Å². The summed E-state index contributed by atoms with van der Waals surface area (Å²) in [4.78, 5) is 0. The number of phenolic OH excluding ortho intramolecular Hbond substituents is 1. The zero-order chi connectivity index (χ0) is 21.3. The average molecular weight is 489 g/mol. The molecule has 1 N–H and O–H groups in total. The Morgan fingerprint density at radius 3 is 2.73 bits per heavy atom. The van der Waals surface area contributed by atoms with Crippen molar-refractivity contribution in [2.24, 2.45) is 0 Å². The number of hydrogen-bond acceptors (Lipinski definition) is 4. The van der Waals surface area contributed by atoms with Gasteiger partial charge in [-0.25, -0.2) is 8.42 Å². The minimum Gasteiger partial charge on any atom is -0.507 e. The molecule has 158 valence electrons. The third kappa shape index (κ3) is 4.27. The molecule has 6 heteroatoms. The number of allylic oxidation sites excluding steroid dienone is 1. The molecule has 2 aromatic rings. The van der Waals surface area contributed by atoms with Gasteiger partial charge in [-0.2, -0.15) is 0 Å². The van der Waals surface area contributed by atoms with Gasteiger partial charge in [-0.3, -0.25) is 0 Å². The first-order chi connectivity index (χ1) is 14.4. The van der Waals surface area contributed by atoms with E-state index >= 15 is 0 Å². The van der Waals surface area contributed by atoms with Crippen LogP contribution in [-0.2, 0) is 14.6 Å². The van der Waals surface area contributed by atoms with Crippen LogP contribution in [0.2, 0.25) is 0 Å². The summed E-state index contributed by atoms with van der Waals surface area (Å²) >= 11 is 3.47. The maximum Gasteiger partial charge on any atom is 0.163 e. The number of fused-ring (bicyclic) bond motifs is 1. The Labute approximate surface area is 186 Å². The molecule has 2 aliphatic heterocycles. The van der Waals surface area contributed by atoms with Crippen LogP contribution in [0.1, 0.15) is 37.3 Å². The summed E-state index contributed by atoms with van der Waals surface area (Å²) in [5.41, 5.74) is 4.92. The molecule has 1 fully saturated rings.